The molecule has 0 aromatic heterocycles. The van der Waals surface area contributed by atoms with E-state index in [9.17, 15) is 4.79 Å². The van der Waals surface area contributed by atoms with Crippen LogP contribution in [-0.2, 0) is 4.79 Å². The van der Waals surface area contributed by atoms with Gasteiger partial charge < -0.3 is 4.74 Å². The molecule has 0 fully saturated rings. The van der Waals surface area contributed by atoms with Crippen LogP contribution in [0.2, 0.25) is 0 Å². The predicted molar refractivity (Wildman–Crippen MR) is 66.0 cm³/mol. The molecule has 0 saturated heterocycles. The second-order valence-corrected chi connectivity index (χ2v) is 4.29. The number of aldehydes is 1. The van der Waals surface area contributed by atoms with E-state index in [1.165, 1.54) is 5.56 Å². The second kappa shape index (κ2) is 5.69. The molecule has 0 amide bonds. The van der Waals surface area contributed by atoms with E-state index in [-0.39, 0.29) is 6.10 Å². The van der Waals surface area contributed by atoms with Crippen LogP contribution in [0.5, 0.6) is 5.75 Å². The smallest absolute Gasteiger partial charge is 0.160 e. The summed E-state index contributed by atoms with van der Waals surface area (Å²) < 4.78 is 5.49. The van der Waals surface area contributed by atoms with Gasteiger partial charge in [0.1, 0.15) is 5.75 Å². The SMILES string of the molecule is CCC(C)c1ccc(OC(C)C=O)c(C)c1. The van der Waals surface area contributed by atoms with Gasteiger partial charge in [-0.15, -0.1) is 0 Å². The summed E-state index contributed by atoms with van der Waals surface area (Å²) in [5, 5.41) is 0. The molecular weight excluding hydrogens is 200 g/mol. The van der Waals surface area contributed by atoms with E-state index >= 15 is 0 Å². The normalized spacial score (nSPS) is 14.2. The van der Waals surface area contributed by atoms with Crippen molar-refractivity contribution in [3.8, 4) is 5.75 Å². The molecule has 1 aromatic rings. The lowest BCUT2D eigenvalue weighted by molar-refractivity contribution is -0.113. The zero-order valence-corrected chi connectivity index (χ0v) is 10.5. The summed E-state index contributed by atoms with van der Waals surface area (Å²) in [5.41, 5.74) is 2.41. The predicted octanol–water partition coefficient (Wildman–Crippen LogP) is 3.47. The number of aryl methyl sites for hydroxylation is 1. The van der Waals surface area contributed by atoms with Crippen LogP contribution in [0.3, 0.4) is 0 Å². The topological polar surface area (TPSA) is 26.3 Å². The van der Waals surface area contributed by atoms with Crippen LogP contribution in [0.4, 0.5) is 0 Å². The molecule has 0 bridgehead atoms. The van der Waals surface area contributed by atoms with Gasteiger partial charge in [0.2, 0.25) is 0 Å². The van der Waals surface area contributed by atoms with Gasteiger partial charge in [-0.2, -0.15) is 0 Å². The fourth-order valence-corrected chi connectivity index (χ4v) is 1.58. The van der Waals surface area contributed by atoms with Gasteiger partial charge in [-0.25, -0.2) is 0 Å². The summed E-state index contributed by atoms with van der Waals surface area (Å²) >= 11 is 0. The van der Waals surface area contributed by atoms with Crippen molar-refractivity contribution >= 4 is 6.29 Å². The number of hydrogen-bond donors (Lipinski definition) is 0. The summed E-state index contributed by atoms with van der Waals surface area (Å²) in [6.45, 7) is 8.15. The molecule has 0 N–H and O–H groups in total. The number of benzene rings is 1. The van der Waals surface area contributed by atoms with E-state index in [0.717, 1.165) is 24.0 Å². The molecule has 0 radical (unpaired) electrons. The fraction of sp³-hybridized carbons (Fsp3) is 0.500. The van der Waals surface area contributed by atoms with Crippen LogP contribution >= 0.6 is 0 Å². The van der Waals surface area contributed by atoms with Crippen molar-refractivity contribution < 1.29 is 9.53 Å². The summed E-state index contributed by atoms with van der Waals surface area (Å²) in [7, 11) is 0. The summed E-state index contributed by atoms with van der Waals surface area (Å²) in [4.78, 5) is 10.5. The number of hydrogen-bond acceptors (Lipinski definition) is 2. The molecule has 2 atom stereocenters. The third-order valence-corrected chi connectivity index (χ3v) is 2.88. The summed E-state index contributed by atoms with van der Waals surface area (Å²) in [6, 6.07) is 6.17. The van der Waals surface area contributed by atoms with Crippen molar-refractivity contribution in [2.24, 2.45) is 0 Å². The molecule has 0 spiro atoms. The van der Waals surface area contributed by atoms with E-state index in [4.69, 9.17) is 4.74 Å². The quantitative estimate of drug-likeness (QED) is 0.710. The van der Waals surface area contributed by atoms with Gasteiger partial charge in [0.25, 0.3) is 0 Å². The van der Waals surface area contributed by atoms with Crippen molar-refractivity contribution in [3.05, 3.63) is 29.3 Å². The summed E-state index contributed by atoms with van der Waals surface area (Å²) in [5.74, 6) is 1.36. The number of rotatable bonds is 5. The lowest BCUT2D eigenvalue weighted by atomic mass is 9.97. The Morgan fingerprint density at radius 2 is 2.06 bits per heavy atom. The van der Waals surface area contributed by atoms with E-state index in [1.807, 2.05) is 13.0 Å². The van der Waals surface area contributed by atoms with Gasteiger partial charge >= 0.3 is 0 Å². The van der Waals surface area contributed by atoms with Crippen LogP contribution < -0.4 is 4.74 Å². The second-order valence-electron chi connectivity index (χ2n) is 4.29. The Morgan fingerprint density at radius 3 is 2.56 bits per heavy atom. The number of carbonyl (C=O) groups is 1. The third kappa shape index (κ3) is 3.09. The zero-order valence-electron chi connectivity index (χ0n) is 10.5. The average Bonchev–Trinajstić information content (AvgIpc) is 2.30. The van der Waals surface area contributed by atoms with E-state index in [0.29, 0.717) is 5.92 Å². The number of ether oxygens (including phenoxy) is 1. The van der Waals surface area contributed by atoms with Gasteiger partial charge in [0.05, 0.1) is 0 Å². The Balaban J connectivity index is 2.87. The first-order valence-electron chi connectivity index (χ1n) is 5.81. The van der Waals surface area contributed by atoms with E-state index in [2.05, 4.69) is 26.0 Å². The summed E-state index contributed by atoms with van der Waals surface area (Å²) in [6.07, 6.45) is 1.56. The highest BCUT2D eigenvalue weighted by molar-refractivity contribution is 5.56. The highest BCUT2D eigenvalue weighted by Crippen LogP contribution is 2.25. The van der Waals surface area contributed by atoms with Crippen molar-refractivity contribution in [2.45, 2.75) is 46.1 Å². The number of carbonyl (C=O) groups excluding carboxylic acids is 1. The van der Waals surface area contributed by atoms with Crippen molar-refractivity contribution in [1.29, 1.82) is 0 Å². The Labute approximate surface area is 97.6 Å². The maximum Gasteiger partial charge on any atom is 0.160 e. The fourth-order valence-electron chi connectivity index (χ4n) is 1.58. The van der Waals surface area contributed by atoms with E-state index < -0.39 is 0 Å². The van der Waals surface area contributed by atoms with Gasteiger partial charge in [-0.3, -0.25) is 4.79 Å². The highest BCUT2D eigenvalue weighted by Gasteiger charge is 2.08. The van der Waals surface area contributed by atoms with Gasteiger partial charge in [0, 0.05) is 0 Å². The molecular formula is C14H20O2. The van der Waals surface area contributed by atoms with Crippen molar-refractivity contribution in [2.75, 3.05) is 0 Å². The lowest BCUT2D eigenvalue weighted by Gasteiger charge is -2.15. The minimum Gasteiger partial charge on any atom is -0.483 e. The molecule has 0 aliphatic rings. The van der Waals surface area contributed by atoms with Gasteiger partial charge in [-0.05, 0) is 43.4 Å². The van der Waals surface area contributed by atoms with Crippen LogP contribution in [0, 0.1) is 6.92 Å². The maximum absolute atomic E-state index is 10.5. The van der Waals surface area contributed by atoms with E-state index in [1.54, 1.807) is 6.92 Å². The molecule has 1 aromatic carbocycles. The molecule has 0 heterocycles. The third-order valence-electron chi connectivity index (χ3n) is 2.88. The zero-order chi connectivity index (χ0) is 12.1. The first kappa shape index (κ1) is 12.8. The lowest BCUT2D eigenvalue weighted by Crippen LogP contribution is -2.13. The Morgan fingerprint density at radius 1 is 1.38 bits per heavy atom. The van der Waals surface area contributed by atoms with Crippen molar-refractivity contribution in [1.82, 2.24) is 0 Å². The minimum absolute atomic E-state index is 0.381. The van der Waals surface area contributed by atoms with Crippen LogP contribution in [-0.4, -0.2) is 12.4 Å². The van der Waals surface area contributed by atoms with Crippen LogP contribution in [0.25, 0.3) is 0 Å². The maximum atomic E-state index is 10.5. The Kier molecular flexibility index (Phi) is 4.53. The molecule has 1 rings (SSSR count). The molecule has 0 aliphatic heterocycles. The molecule has 2 heteroatoms. The monoisotopic (exact) mass is 220 g/mol. The van der Waals surface area contributed by atoms with Gasteiger partial charge in [0.15, 0.2) is 12.4 Å². The van der Waals surface area contributed by atoms with Crippen LogP contribution in [0.15, 0.2) is 18.2 Å². The molecule has 2 unspecified atom stereocenters. The molecule has 88 valence electrons. The molecule has 0 saturated carbocycles. The molecule has 16 heavy (non-hydrogen) atoms. The van der Waals surface area contributed by atoms with Crippen LogP contribution in [0.1, 0.15) is 44.2 Å². The standard InChI is InChI=1S/C14H20O2/c1-5-10(2)13-6-7-14(11(3)8-13)16-12(4)9-15/h6-10,12H,5H2,1-4H3. The highest BCUT2D eigenvalue weighted by atomic mass is 16.5. The minimum atomic E-state index is -0.381. The first-order valence-corrected chi connectivity index (χ1v) is 5.81. The Bertz CT molecular complexity index is 358. The molecule has 2 nitrogen and oxygen atoms in total. The molecule has 0 aliphatic carbocycles. The average molecular weight is 220 g/mol. The first-order chi connectivity index (χ1) is 7.58. The van der Waals surface area contributed by atoms with Gasteiger partial charge in [-0.1, -0.05) is 26.0 Å². The van der Waals surface area contributed by atoms with Crippen molar-refractivity contribution in [3.63, 3.8) is 0 Å². The largest absolute Gasteiger partial charge is 0.483 e. The Hall–Kier alpha value is -1.31.